The lowest BCUT2D eigenvalue weighted by Gasteiger charge is -2.09. The summed E-state index contributed by atoms with van der Waals surface area (Å²) in [5.41, 5.74) is 6.60. The summed E-state index contributed by atoms with van der Waals surface area (Å²) in [5, 5.41) is 0. The molecule has 2 N–H and O–H groups in total. The van der Waals surface area contributed by atoms with Gasteiger partial charge in [0.1, 0.15) is 0 Å². The predicted octanol–water partition coefficient (Wildman–Crippen LogP) is 2.30. The Bertz CT molecular complexity index is 145. The molecule has 2 atom stereocenters. The molecule has 2 aliphatic carbocycles. The van der Waals surface area contributed by atoms with Crippen LogP contribution in [0.15, 0.2) is 0 Å². The number of nitrogens with two attached hydrogens (primary N) is 1. The zero-order valence-corrected chi connectivity index (χ0v) is 7.47. The third kappa shape index (κ3) is 1.31. The highest BCUT2D eigenvalue weighted by atomic mass is 14.7. The molecule has 0 aliphatic heterocycles. The molecule has 0 radical (unpaired) electrons. The van der Waals surface area contributed by atoms with Crippen LogP contribution in [0.4, 0.5) is 0 Å². The van der Waals surface area contributed by atoms with Gasteiger partial charge in [0.2, 0.25) is 0 Å². The zero-order valence-electron chi connectivity index (χ0n) is 7.47. The lowest BCUT2D eigenvalue weighted by molar-refractivity contribution is 0.437. The minimum absolute atomic E-state index is 0.431. The summed E-state index contributed by atoms with van der Waals surface area (Å²) >= 11 is 0. The molecular weight excluding hydrogens is 134 g/mol. The first kappa shape index (κ1) is 7.60. The van der Waals surface area contributed by atoms with E-state index in [-0.39, 0.29) is 0 Å². The van der Waals surface area contributed by atoms with Crippen LogP contribution in [-0.4, -0.2) is 6.04 Å². The number of rotatable bonds is 2. The van der Waals surface area contributed by atoms with Crippen molar-refractivity contribution >= 4 is 0 Å². The van der Waals surface area contributed by atoms with Crippen LogP contribution in [-0.2, 0) is 0 Å². The van der Waals surface area contributed by atoms with Crippen LogP contribution in [0, 0.1) is 11.3 Å². The largest absolute Gasteiger partial charge is 0.328 e. The van der Waals surface area contributed by atoms with E-state index in [4.69, 9.17) is 5.73 Å². The maximum absolute atomic E-state index is 5.78. The molecule has 0 bridgehead atoms. The van der Waals surface area contributed by atoms with Crippen LogP contribution in [0.3, 0.4) is 0 Å². The van der Waals surface area contributed by atoms with Gasteiger partial charge in [0.25, 0.3) is 0 Å². The van der Waals surface area contributed by atoms with Gasteiger partial charge in [0.05, 0.1) is 0 Å². The Kier molecular flexibility index (Phi) is 1.71. The van der Waals surface area contributed by atoms with E-state index in [1.165, 1.54) is 38.5 Å². The van der Waals surface area contributed by atoms with Crippen molar-refractivity contribution in [2.24, 2.45) is 17.1 Å². The van der Waals surface area contributed by atoms with Crippen molar-refractivity contribution < 1.29 is 0 Å². The van der Waals surface area contributed by atoms with E-state index in [0.717, 1.165) is 11.3 Å². The Labute approximate surface area is 69.4 Å². The van der Waals surface area contributed by atoms with Crippen LogP contribution in [0.5, 0.6) is 0 Å². The van der Waals surface area contributed by atoms with Crippen LogP contribution in [0.25, 0.3) is 0 Å². The van der Waals surface area contributed by atoms with Gasteiger partial charge < -0.3 is 5.73 Å². The normalized spacial score (nSPS) is 36.0. The van der Waals surface area contributed by atoms with Gasteiger partial charge in [-0.25, -0.2) is 0 Å². The molecule has 0 aromatic rings. The van der Waals surface area contributed by atoms with Gasteiger partial charge >= 0.3 is 0 Å². The summed E-state index contributed by atoms with van der Waals surface area (Å²) in [7, 11) is 0. The molecule has 1 spiro atoms. The standard InChI is InChI=1S/C10H19N/c1-8(11)6-9-7-10(9)4-2-3-5-10/h8-9H,2-7,11H2,1H3. The molecule has 2 unspecified atom stereocenters. The fourth-order valence-electron chi connectivity index (χ4n) is 2.91. The van der Waals surface area contributed by atoms with E-state index in [1.807, 2.05) is 0 Å². The van der Waals surface area contributed by atoms with E-state index in [2.05, 4.69) is 6.92 Å². The van der Waals surface area contributed by atoms with Crippen molar-refractivity contribution in [2.75, 3.05) is 0 Å². The molecular formula is C10H19N. The van der Waals surface area contributed by atoms with Crippen LogP contribution < -0.4 is 5.73 Å². The molecule has 1 heteroatoms. The summed E-state index contributed by atoms with van der Waals surface area (Å²) in [6, 6.07) is 0.431. The summed E-state index contributed by atoms with van der Waals surface area (Å²) in [6.45, 7) is 2.14. The molecule has 0 aromatic carbocycles. The molecule has 64 valence electrons. The van der Waals surface area contributed by atoms with E-state index < -0.39 is 0 Å². The highest BCUT2D eigenvalue weighted by molar-refractivity contribution is 5.05. The van der Waals surface area contributed by atoms with Gasteiger partial charge in [0, 0.05) is 6.04 Å². The quantitative estimate of drug-likeness (QED) is 0.647. The second kappa shape index (κ2) is 2.48. The Morgan fingerprint density at radius 3 is 2.64 bits per heavy atom. The maximum Gasteiger partial charge on any atom is 0.00133 e. The summed E-state index contributed by atoms with van der Waals surface area (Å²) < 4.78 is 0. The zero-order chi connectivity index (χ0) is 7.90. The molecule has 2 saturated carbocycles. The van der Waals surface area contributed by atoms with Crippen molar-refractivity contribution in [3.63, 3.8) is 0 Å². The lowest BCUT2D eigenvalue weighted by atomic mass is 9.99. The van der Waals surface area contributed by atoms with Gasteiger partial charge in [-0.15, -0.1) is 0 Å². The minimum Gasteiger partial charge on any atom is -0.328 e. The fraction of sp³-hybridized carbons (Fsp3) is 1.00. The third-order valence-electron chi connectivity index (χ3n) is 3.61. The van der Waals surface area contributed by atoms with Gasteiger partial charge in [-0.05, 0) is 43.9 Å². The average Bonchev–Trinajstić information content (AvgIpc) is 2.43. The van der Waals surface area contributed by atoms with Gasteiger partial charge in [-0.3, -0.25) is 0 Å². The Morgan fingerprint density at radius 2 is 2.09 bits per heavy atom. The summed E-state index contributed by atoms with van der Waals surface area (Å²) in [5.74, 6) is 1.00. The Balaban J connectivity index is 1.84. The van der Waals surface area contributed by atoms with Crippen LogP contribution in [0.1, 0.15) is 45.4 Å². The van der Waals surface area contributed by atoms with Gasteiger partial charge in [-0.2, -0.15) is 0 Å². The van der Waals surface area contributed by atoms with Gasteiger partial charge in [-0.1, -0.05) is 12.8 Å². The molecule has 0 saturated heterocycles. The molecule has 0 amide bonds. The monoisotopic (exact) mass is 153 g/mol. The Morgan fingerprint density at radius 1 is 1.45 bits per heavy atom. The predicted molar refractivity (Wildman–Crippen MR) is 47.3 cm³/mol. The first-order chi connectivity index (χ1) is 5.23. The van der Waals surface area contributed by atoms with Crippen LogP contribution in [0.2, 0.25) is 0 Å². The minimum atomic E-state index is 0.431. The SMILES string of the molecule is CC(N)CC1CC12CCCC2. The molecule has 2 rings (SSSR count). The van der Waals surface area contributed by atoms with E-state index in [9.17, 15) is 0 Å². The lowest BCUT2D eigenvalue weighted by Crippen LogP contribution is -2.16. The first-order valence-corrected chi connectivity index (χ1v) is 4.98. The molecule has 2 fully saturated rings. The molecule has 0 heterocycles. The smallest absolute Gasteiger partial charge is 0.00133 e. The third-order valence-corrected chi connectivity index (χ3v) is 3.61. The van der Waals surface area contributed by atoms with Crippen LogP contribution >= 0.6 is 0 Å². The fourth-order valence-corrected chi connectivity index (χ4v) is 2.91. The summed E-state index contributed by atoms with van der Waals surface area (Å²) in [4.78, 5) is 0. The van der Waals surface area contributed by atoms with Crippen molar-refractivity contribution in [1.29, 1.82) is 0 Å². The van der Waals surface area contributed by atoms with Crippen molar-refractivity contribution in [3.05, 3.63) is 0 Å². The van der Waals surface area contributed by atoms with Crippen molar-refractivity contribution in [2.45, 2.75) is 51.5 Å². The molecule has 1 nitrogen and oxygen atoms in total. The highest BCUT2D eigenvalue weighted by Gasteiger charge is 2.54. The van der Waals surface area contributed by atoms with Crippen molar-refractivity contribution in [3.8, 4) is 0 Å². The number of hydrogen-bond donors (Lipinski definition) is 1. The van der Waals surface area contributed by atoms with E-state index in [1.54, 1.807) is 0 Å². The average molecular weight is 153 g/mol. The Hall–Kier alpha value is -0.0400. The topological polar surface area (TPSA) is 26.0 Å². The van der Waals surface area contributed by atoms with E-state index in [0.29, 0.717) is 6.04 Å². The second-order valence-electron chi connectivity index (χ2n) is 4.68. The second-order valence-corrected chi connectivity index (χ2v) is 4.68. The maximum atomic E-state index is 5.78. The summed E-state index contributed by atoms with van der Waals surface area (Å²) in [6.07, 6.45) is 8.74. The molecule has 2 aliphatic rings. The molecule has 11 heavy (non-hydrogen) atoms. The van der Waals surface area contributed by atoms with Gasteiger partial charge in [0.15, 0.2) is 0 Å². The molecule has 0 aromatic heterocycles. The highest BCUT2D eigenvalue weighted by Crippen LogP contribution is 2.64. The number of hydrogen-bond acceptors (Lipinski definition) is 1. The van der Waals surface area contributed by atoms with Crippen molar-refractivity contribution in [1.82, 2.24) is 0 Å². The first-order valence-electron chi connectivity index (χ1n) is 4.98. The van der Waals surface area contributed by atoms with E-state index >= 15 is 0 Å².